The average molecular weight is 473 g/mol. The molecule has 35 heavy (non-hydrogen) atoms. The molecule has 2 heterocycles. The fraction of sp³-hybridized carbons (Fsp3) is 0.346. The number of nitrogens with one attached hydrogen (secondary N) is 1. The zero-order chi connectivity index (χ0) is 24.5. The molecule has 1 fully saturated rings. The summed E-state index contributed by atoms with van der Waals surface area (Å²) in [6.07, 6.45) is 4.12. The van der Waals surface area contributed by atoms with Gasteiger partial charge in [0.25, 0.3) is 0 Å². The Balaban J connectivity index is 1.44. The molecule has 0 atom stereocenters. The summed E-state index contributed by atoms with van der Waals surface area (Å²) in [6.45, 7) is 1.77. The summed E-state index contributed by atoms with van der Waals surface area (Å²) >= 11 is 0. The lowest BCUT2D eigenvalue weighted by atomic mass is 10.1. The first-order chi connectivity index (χ1) is 16.9. The topological polar surface area (TPSA) is 97.4 Å². The van der Waals surface area contributed by atoms with Crippen LogP contribution in [0.1, 0.15) is 24.5 Å². The minimum Gasteiger partial charge on any atom is -0.494 e. The predicted molar refractivity (Wildman–Crippen MR) is 141 cm³/mol. The molecule has 9 nitrogen and oxygen atoms in total. The van der Waals surface area contributed by atoms with Gasteiger partial charge in [-0.2, -0.15) is 10.1 Å². The third kappa shape index (κ3) is 4.72. The van der Waals surface area contributed by atoms with Gasteiger partial charge in [0.05, 0.1) is 35.4 Å². The zero-order valence-corrected chi connectivity index (χ0v) is 20.7. The molecule has 0 bridgehead atoms. The molecule has 1 saturated carbocycles. The summed E-state index contributed by atoms with van der Waals surface area (Å²) < 4.78 is 7.58. The highest BCUT2D eigenvalue weighted by Crippen LogP contribution is 2.43. The number of hydrogen-bond donors (Lipinski definition) is 2. The summed E-state index contributed by atoms with van der Waals surface area (Å²) in [7, 11) is 7.78. The first kappa shape index (κ1) is 22.9. The normalized spacial score (nSPS) is 13.4. The van der Waals surface area contributed by atoms with Crippen molar-refractivity contribution in [1.29, 1.82) is 0 Å². The first-order valence-electron chi connectivity index (χ1n) is 11.9. The van der Waals surface area contributed by atoms with Crippen LogP contribution in [0, 0.1) is 0 Å². The van der Waals surface area contributed by atoms with Crippen LogP contribution < -0.4 is 20.7 Å². The van der Waals surface area contributed by atoms with Crippen molar-refractivity contribution in [3.05, 3.63) is 54.4 Å². The number of methoxy groups -OCH3 is 1. The minimum atomic E-state index is 0.446. The number of benzene rings is 2. The molecule has 0 amide bonds. The second kappa shape index (κ2) is 9.42. The predicted octanol–water partition coefficient (Wildman–Crippen LogP) is 4.03. The van der Waals surface area contributed by atoms with Gasteiger partial charge in [-0.3, -0.25) is 0 Å². The lowest BCUT2D eigenvalue weighted by Gasteiger charge is -2.24. The highest BCUT2D eigenvalue weighted by molar-refractivity contribution is 5.84. The van der Waals surface area contributed by atoms with Crippen LogP contribution in [-0.2, 0) is 0 Å². The number of ether oxygens (including phenoxy) is 1. The van der Waals surface area contributed by atoms with Gasteiger partial charge in [0.15, 0.2) is 5.82 Å². The quantitative estimate of drug-likeness (QED) is 0.353. The van der Waals surface area contributed by atoms with Crippen molar-refractivity contribution in [3.63, 3.8) is 0 Å². The second-order valence-corrected chi connectivity index (χ2v) is 9.29. The van der Waals surface area contributed by atoms with E-state index in [1.165, 1.54) is 18.2 Å². The van der Waals surface area contributed by atoms with E-state index in [0.29, 0.717) is 34.8 Å². The lowest BCUT2D eigenvalue weighted by Crippen LogP contribution is -2.29. The third-order valence-electron chi connectivity index (χ3n) is 6.33. The minimum absolute atomic E-state index is 0.446. The fourth-order valence-electron chi connectivity index (χ4n) is 4.22. The largest absolute Gasteiger partial charge is 0.494 e. The van der Waals surface area contributed by atoms with Gasteiger partial charge in [0, 0.05) is 49.8 Å². The highest BCUT2D eigenvalue weighted by atomic mass is 16.5. The number of anilines is 4. The van der Waals surface area contributed by atoms with Gasteiger partial charge < -0.3 is 25.6 Å². The van der Waals surface area contributed by atoms with E-state index in [4.69, 9.17) is 20.6 Å². The maximum Gasteiger partial charge on any atom is 0.229 e. The van der Waals surface area contributed by atoms with E-state index in [1.807, 2.05) is 36.0 Å². The molecule has 0 aliphatic heterocycles. The Kier molecular flexibility index (Phi) is 6.17. The van der Waals surface area contributed by atoms with Crippen molar-refractivity contribution >= 4 is 33.9 Å². The van der Waals surface area contributed by atoms with Crippen LogP contribution in [0.2, 0.25) is 0 Å². The van der Waals surface area contributed by atoms with Crippen molar-refractivity contribution < 1.29 is 4.74 Å². The molecule has 2 aromatic carbocycles. The Morgan fingerprint density at radius 3 is 2.66 bits per heavy atom. The molecule has 1 aliphatic rings. The lowest BCUT2D eigenvalue weighted by molar-refractivity contribution is 0.413. The second-order valence-electron chi connectivity index (χ2n) is 9.29. The summed E-state index contributed by atoms with van der Waals surface area (Å²) in [5, 5.41) is 9.40. The van der Waals surface area contributed by atoms with E-state index < -0.39 is 0 Å². The number of nitrogens with two attached hydrogens (primary N) is 1. The van der Waals surface area contributed by atoms with Gasteiger partial charge in [0.2, 0.25) is 5.95 Å². The van der Waals surface area contributed by atoms with Gasteiger partial charge in [-0.25, -0.2) is 9.67 Å². The SMILES string of the molecule is COc1cc(N(C)CCN(C)C)c(N)cc1Nc1nccc(-n2nc(C3CC3)c3ccccc32)n1. The van der Waals surface area contributed by atoms with Crippen molar-refractivity contribution in [2.24, 2.45) is 0 Å². The van der Waals surface area contributed by atoms with Crippen molar-refractivity contribution in [2.45, 2.75) is 18.8 Å². The summed E-state index contributed by atoms with van der Waals surface area (Å²) in [5.41, 5.74) is 10.9. The number of fused-ring (bicyclic) bond motifs is 1. The Hall–Kier alpha value is -3.85. The maximum atomic E-state index is 6.42. The number of likely N-dealkylation sites (N-methyl/N-ethyl adjacent to an activating group) is 2. The molecule has 2 aromatic heterocycles. The summed E-state index contributed by atoms with van der Waals surface area (Å²) in [5.74, 6) is 2.36. The molecule has 4 aromatic rings. The molecule has 1 aliphatic carbocycles. The van der Waals surface area contributed by atoms with Crippen molar-refractivity contribution in [3.8, 4) is 11.6 Å². The molecule has 0 unspecified atom stereocenters. The average Bonchev–Trinajstić information content (AvgIpc) is 3.63. The van der Waals surface area contributed by atoms with Gasteiger partial charge in [-0.15, -0.1) is 0 Å². The number of para-hydroxylation sites is 1. The van der Waals surface area contributed by atoms with E-state index in [1.54, 1.807) is 13.3 Å². The summed E-state index contributed by atoms with van der Waals surface area (Å²) in [6, 6.07) is 14.0. The van der Waals surface area contributed by atoms with Gasteiger partial charge in [0.1, 0.15) is 5.75 Å². The standard InChI is InChI=1S/C26H32N8O/c1-32(2)13-14-33(3)22-16-23(35-4)20(15-19(22)27)29-26-28-12-11-24(30-26)34-21-8-6-5-7-18(21)25(31-34)17-9-10-17/h5-8,11-12,15-17H,9-10,13-14,27H2,1-4H3,(H,28,29,30). The van der Waals surface area contributed by atoms with E-state index >= 15 is 0 Å². The molecule has 3 N–H and O–H groups in total. The van der Waals surface area contributed by atoms with Crippen LogP contribution in [0.5, 0.6) is 5.75 Å². The number of hydrogen-bond acceptors (Lipinski definition) is 8. The summed E-state index contributed by atoms with van der Waals surface area (Å²) in [4.78, 5) is 13.5. The molecular weight excluding hydrogens is 440 g/mol. The molecule has 5 rings (SSSR count). The number of aromatic nitrogens is 4. The zero-order valence-electron chi connectivity index (χ0n) is 20.7. The Labute approximate surface area is 205 Å². The Morgan fingerprint density at radius 1 is 1.11 bits per heavy atom. The van der Waals surface area contributed by atoms with Gasteiger partial charge in [-0.05, 0) is 39.1 Å². The Morgan fingerprint density at radius 2 is 1.91 bits per heavy atom. The monoisotopic (exact) mass is 472 g/mol. The molecule has 0 spiro atoms. The van der Waals surface area contributed by atoms with Gasteiger partial charge in [-0.1, -0.05) is 18.2 Å². The number of nitrogen functional groups attached to an aromatic ring is 1. The molecular formula is C26H32N8O. The number of rotatable bonds is 9. The van der Waals surface area contributed by atoms with E-state index in [2.05, 4.69) is 52.4 Å². The smallest absolute Gasteiger partial charge is 0.229 e. The Bertz CT molecular complexity index is 1340. The first-order valence-corrected chi connectivity index (χ1v) is 11.9. The van der Waals surface area contributed by atoms with Crippen LogP contribution >= 0.6 is 0 Å². The maximum absolute atomic E-state index is 6.42. The van der Waals surface area contributed by atoms with E-state index in [-0.39, 0.29) is 0 Å². The van der Waals surface area contributed by atoms with Crippen molar-refractivity contribution in [2.75, 3.05) is 57.3 Å². The molecule has 9 heteroatoms. The molecule has 0 saturated heterocycles. The van der Waals surface area contributed by atoms with Crippen LogP contribution in [0.4, 0.5) is 23.0 Å². The van der Waals surface area contributed by atoms with Crippen LogP contribution in [0.25, 0.3) is 16.7 Å². The van der Waals surface area contributed by atoms with E-state index in [9.17, 15) is 0 Å². The third-order valence-corrected chi connectivity index (χ3v) is 6.33. The van der Waals surface area contributed by atoms with Crippen molar-refractivity contribution in [1.82, 2.24) is 24.6 Å². The number of nitrogens with zero attached hydrogens (tertiary/aromatic N) is 6. The molecule has 0 radical (unpaired) electrons. The van der Waals surface area contributed by atoms with Gasteiger partial charge >= 0.3 is 0 Å². The van der Waals surface area contributed by atoms with E-state index in [0.717, 1.165) is 30.0 Å². The van der Waals surface area contributed by atoms with Crippen LogP contribution in [0.15, 0.2) is 48.7 Å². The fourth-order valence-corrected chi connectivity index (χ4v) is 4.22. The highest BCUT2D eigenvalue weighted by Gasteiger charge is 2.29. The molecule has 182 valence electrons. The van der Waals surface area contributed by atoms with Crippen LogP contribution in [0.3, 0.4) is 0 Å². The van der Waals surface area contributed by atoms with Crippen LogP contribution in [-0.4, -0.2) is 66.0 Å².